The topological polar surface area (TPSA) is 147 Å². The van der Waals surface area contributed by atoms with Crippen LogP contribution in [-0.2, 0) is 6.54 Å². The first-order valence-electron chi connectivity index (χ1n) is 6.86. The first-order chi connectivity index (χ1) is 11.9. The SMILES string of the molecule is O=c1ccc([N+](=O)[O-])cn1Cc1nnc(-c2ccc([N+](=O)[O-])cc2)o1. The van der Waals surface area contributed by atoms with E-state index in [1.807, 2.05) is 0 Å². The van der Waals surface area contributed by atoms with E-state index in [1.54, 1.807) is 0 Å². The molecule has 126 valence electrons. The van der Waals surface area contributed by atoms with Crippen molar-refractivity contribution < 1.29 is 14.3 Å². The molecular weight excluding hydrogens is 334 g/mol. The largest absolute Gasteiger partial charge is 0.419 e. The first-order valence-corrected chi connectivity index (χ1v) is 6.86. The molecule has 25 heavy (non-hydrogen) atoms. The van der Waals surface area contributed by atoms with Crippen LogP contribution in [0, 0.1) is 20.2 Å². The Kier molecular flexibility index (Phi) is 4.04. The lowest BCUT2D eigenvalue weighted by atomic mass is 10.2. The number of non-ortho nitro benzene ring substituents is 1. The van der Waals surface area contributed by atoms with Crippen molar-refractivity contribution in [1.82, 2.24) is 14.8 Å². The third-order valence-corrected chi connectivity index (χ3v) is 3.28. The van der Waals surface area contributed by atoms with Crippen molar-refractivity contribution in [2.45, 2.75) is 6.54 Å². The fraction of sp³-hybridized carbons (Fsp3) is 0.0714. The van der Waals surface area contributed by atoms with Crippen molar-refractivity contribution in [1.29, 1.82) is 0 Å². The molecule has 0 fully saturated rings. The normalized spacial score (nSPS) is 10.6. The Morgan fingerprint density at radius 1 is 0.960 bits per heavy atom. The number of nitro groups is 2. The van der Waals surface area contributed by atoms with E-state index >= 15 is 0 Å². The molecule has 3 rings (SSSR count). The number of aromatic nitrogens is 3. The Balaban J connectivity index is 1.85. The van der Waals surface area contributed by atoms with Crippen molar-refractivity contribution >= 4 is 11.4 Å². The zero-order valence-corrected chi connectivity index (χ0v) is 12.4. The zero-order valence-electron chi connectivity index (χ0n) is 12.4. The van der Waals surface area contributed by atoms with E-state index in [4.69, 9.17) is 4.42 Å². The summed E-state index contributed by atoms with van der Waals surface area (Å²) in [4.78, 5) is 32.0. The van der Waals surface area contributed by atoms with Gasteiger partial charge in [0.05, 0.1) is 16.0 Å². The second kappa shape index (κ2) is 6.31. The number of benzene rings is 1. The number of hydrogen-bond donors (Lipinski definition) is 0. The molecule has 0 saturated heterocycles. The molecule has 11 nitrogen and oxygen atoms in total. The Labute approximate surface area is 138 Å². The summed E-state index contributed by atoms with van der Waals surface area (Å²) >= 11 is 0. The molecule has 0 bridgehead atoms. The van der Waals surface area contributed by atoms with Gasteiger partial charge in [0, 0.05) is 29.8 Å². The number of hydrogen-bond acceptors (Lipinski definition) is 8. The highest BCUT2D eigenvalue weighted by Gasteiger charge is 2.13. The summed E-state index contributed by atoms with van der Waals surface area (Å²) in [6, 6.07) is 7.68. The number of rotatable bonds is 5. The van der Waals surface area contributed by atoms with Gasteiger partial charge >= 0.3 is 0 Å². The van der Waals surface area contributed by atoms with Gasteiger partial charge in [-0.3, -0.25) is 29.6 Å². The molecule has 11 heteroatoms. The van der Waals surface area contributed by atoms with Crippen LogP contribution in [0.3, 0.4) is 0 Å². The lowest BCUT2D eigenvalue weighted by molar-refractivity contribution is -0.385. The van der Waals surface area contributed by atoms with E-state index in [9.17, 15) is 25.0 Å². The molecular formula is C14H9N5O6. The summed E-state index contributed by atoms with van der Waals surface area (Å²) in [5.74, 6) is 0.180. The minimum atomic E-state index is -0.619. The third kappa shape index (κ3) is 3.39. The predicted octanol–water partition coefficient (Wildman–Crippen LogP) is 1.76. The molecule has 0 aliphatic heterocycles. The van der Waals surface area contributed by atoms with Gasteiger partial charge in [0.15, 0.2) is 0 Å². The van der Waals surface area contributed by atoms with Crippen LogP contribution in [-0.4, -0.2) is 24.6 Å². The van der Waals surface area contributed by atoms with E-state index in [1.165, 1.54) is 24.3 Å². The van der Waals surface area contributed by atoms with Crippen LogP contribution in [0.2, 0.25) is 0 Å². The van der Waals surface area contributed by atoms with Crippen molar-refractivity contribution in [3.63, 3.8) is 0 Å². The van der Waals surface area contributed by atoms with E-state index in [0.717, 1.165) is 22.9 Å². The predicted molar refractivity (Wildman–Crippen MR) is 82.8 cm³/mol. The molecule has 3 aromatic rings. The molecule has 1 aromatic carbocycles. The molecule has 2 aromatic heterocycles. The lowest BCUT2D eigenvalue weighted by Gasteiger charge is -2.01. The Bertz CT molecular complexity index is 1010. The summed E-state index contributed by atoms with van der Waals surface area (Å²) in [6.07, 6.45) is 1.08. The van der Waals surface area contributed by atoms with E-state index in [2.05, 4.69) is 10.2 Å². The molecule has 0 amide bonds. The first kappa shape index (κ1) is 16.0. The van der Waals surface area contributed by atoms with Crippen LogP contribution in [0.4, 0.5) is 11.4 Å². The van der Waals surface area contributed by atoms with Gasteiger partial charge < -0.3 is 4.42 Å². The molecule has 0 saturated carbocycles. The van der Waals surface area contributed by atoms with Crippen molar-refractivity contribution in [3.8, 4) is 11.5 Å². The van der Waals surface area contributed by atoms with Gasteiger partial charge in [-0.25, -0.2) is 0 Å². The van der Waals surface area contributed by atoms with Gasteiger partial charge in [-0.1, -0.05) is 0 Å². The van der Waals surface area contributed by atoms with Gasteiger partial charge in [0.25, 0.3) is 16.9 Å². The molecule has 0 aliphatic carbocycles. The monoisotopic (exact) mass is 343 g/mol. The third-order valence-electron chi connectivity index (χ3n) is 3.28. The maximum atomic E-state index is 11.8. The molecule has 0 radical (unpaired) electrons. The lowest BCUT2D eigenvalue weighted by Crippen LogP contribution is -2.19. The van der Waals surface area contributed by atoms with Crippen molar-refractivity contribution in [2.24, 2.45) is 0 Å². The quantitative estimate of drug-likeness (QED) is 0.502. The van der Waals surface area contributed by atoms with Gasteiger partial charge in [0.2, 0.25) is 11.8 Å². The maximum Gasteiger partial charge on any atom is 0.285 e. The van der Waals surface area contributed by atoms with E-state index in [-0.39, 0.29) is 29.7 Å². The molecule has 0 aliphatic rings. The van der Waals surface area contributed by atoms with Crippen LogP contribution in [0.25, 0.3) is 11.5 Å². The van der Waals surface area contributed by atoms with Gasteiger partial charge in [0.1, 0.15) is 6.54 Å². The van der Waals surface area contributed by atoms with Gasteiger partial charge in [-0.05, 0) is 12.1 Å². The van der Waals surface area contributed by atoms with Crippen LogP contribution in [0.15, 0.2) is 51.8 Å². The van der Waals surface area contributed by atoms with Gasteiger partial charge in [-0.15, -0.1) is 10.2 Å². The van der Waals surface area contributed by atoms with E-state index < -0.39 is 15.4 Å². The number of nitrogens with zero attached hydrogens (tertiary/aromatic N) is 5. The molecule has 0 spiro atoms. The summed E-state index contributed by atoms with van der Waals surface area (Å²) in [7, 11) is 0. The molecule has 0 N–H and O–H groups in total. The molecule has 2 heterocycles. The second-order valence-electron chi connectivity index (χ2n) is 4.92. The standard InChI is InChI=1S/C14H9N5O6/c20-13-6-5-11(19(23)24)7-17(13)8-12-15-16-14(25-12)9-1-3-10(4-2-9)18(21)22/h1-7H,8H2. The fourth-order valence-corrected chi connectivity index (χ4v) is 2.06. The Morgan fingerprint density at radius 2 is 1.60 bits per heavy atom. The van der Waals surface area contributed by atoms with Crippen LogP contribution in [0.1, 0.15) is 5.89 Å². The average Bonchev–Trinajstić information content (AvgIpc) is 3.05. The highest BCUT2D eigenvalue weighted by Crippen LogP contribution is 2.21. The highest BCUT2D eigenvalue weighted by atomic mass is 16.6. The average molecular weight is 343 g/mol. The van der Waals surface area contributed by atoms with Gasteiger partial charge in [-0.2, -0.15) is 0 Å². The van der Waals surface area contributed by atoms with E-state index in [0.29, 0.717) is 5.56 Å². The Morgan fingerprint density at radius 3 is 2.24 bits per heavy atom. The minimum Gasteiger partial charge on any atom is -0.419 e. The van der Waals surface area contributed by atoms with Crippen LogP contribution in [0.5, 0.6) is 0 Å². The highest BCUT2D eigenvalue weighted by molar-refractivity contribution is 5.55. The zero-order chi connectivity index (χ0) is 18.0. The molecule has 0 atom stereocenters. The number of nitro benzene ring substituents is 1. The Hall–Kier alpha value is -3.89. The minimum absolute atomic E-state index is 0.0657. The summed E-state index contributed by atoms with van der Waals surface area (Å²) < 4.78 is 6.48. The van der Waals surface area contributed by atoms with Crippen LogP contribution < -0.4 is 5.56 Å². The summed E-state index contributed by atoms with van der Waals surface area (Å²) in [5.41, 5.74) is -0.308. The fourth-order valence-electron chi connectivity index (χ4n) is 2.06. The summed E-state index contributed by atoms with van der Waals surface area (Å²) in [6.45, 7) is -0.138. The maximum absolute atomic E-state index is 11.8. The van der Waals surface area contributed by atoms with Crippen molar-refractivity contribution in [3.05, 3.63) is 79.1 Å². The smallest absolute Gasteiger partial charge is 0.285 e. The number of pyridine rings is 1. The molecule has 0 unspecified atom stereocenters. The van der Waals surface area contributed by atoms with Crippen LogP contribution >= 0.6 is 0 Å². The second-order valence-corrected chi connectivity index (χ2v) is 4.92. The summed E-state index contributed by atoms with van der Waals surface area (Å²) in [5, 5.41) is 29.0. The van der Waals surface area contributed by atoms with Crippen molar-refractivity contribution in [2.75, 3.05) is 0 Å².